The van der Waals surface area contributed by atoms with E-state index in [1.807, 2.05) is 0 Å². The van der Waals surface area contributed by atoms with Gasteiger partial charge in [0.15, 0.2) is 0 Å². The third-order valence-electron chi connectivity index (χ3n) is 8.76. The summed E-state index contributed by atoms with van der Waals surface area (Å²) in [4.78, 5) is 0. The first-order valence-corrected chi connectivity index (χ1v) is 13.1. The van der Waals surface area contributed by atoms with Crippen molar-refractivity contribution in [3.8, 4) is 45.3 Å². The van der Waals surface area contributed by atoms with E-state index in [0.29, 0.717) is 0 Å². The van der Waals surface area contributed by atoms with E-state index in [2.05, 4.69) is 92.7 Å². The molecule has 3 heteroatoms. The van der Waals surface area contributed by atoms with Crippen molar-refractivity contribution in [3.05, 3.63) is 112 Å². The molecule has 0 fully saturated rings. The highest BCUT2D eigenvalue weighted by atomic mass is 16.5. The Balaban J connectivity index is 1.34. The molecule has 0 amide bonds. The molecule has 0 N–H and O–H groups in total. The van der Waals surface area contributed by atoms with Gasteiger partial charge in [0, 0.05) is 5.46 Å². The van der Waals surface area contributed by atoms with Gasteiger partial charge < -0.3 is 9.47 Å². The van der Waals surface area contributed by atoms with Crippen molar-refractivity contribution >= 4 is 23.1 Å². The van der Waals surface area contributed by atoms with Crippen LogP contribution in [0.1, 0.15) is 33.4 Å². The standard InChI is InChI=1S/C34H23BO2/c1-18-5-3-6-20(11-18)23-15-29-34-30(16-23)37-31-17-26-24-12-19(2)9-10-21(24)13-25(26)27-14-22-7-4-8-28(36-29)32(22)35(34)33(27)31/h3-12,15-17H,13-14H2,1-2H3. The first-order valence-electron chi connectivity index (χ1n) is 13.1. The summed E-state index contributed by atoms with van der Waals surface area (Å²) >= 11 is 0. The third kappa shape index (κ3) is 2.56. The smallest absolute Gasteiger partial charge is 0.261 e. The first kappa shape index (κ1) is 19.9. The summed E-state index contributed by atoms with van der Waals surface area (Å²) in [5.74, 6) is 3.83. The van der Waals surface area contributed by atoms with Gasteiger partial charge in [0.05, 0.1) is 0 Å². The van der Waals surface area contributed by atoms with Crippen molar-refractivity contribution in [2.75, 3.05) is 0 Å². The van der Waals surface area contributed by atoms with E-state index in [0.717, 1.165) is 41.4 Å². The summed E-state index contributed by atoms with van der Waals surface area (Å²) in [6.07, 6.45) is 1.93. The average Bonchev–Trinajstić information content (AvgIpc) is 3.26. The second kappa shape index (κ2) is 6.74. The molecule has 0 radical (unpaired) electrons. The number of hydrogen-bond acceptors (Lipinski definition) is 2. The summed E-state index contributed by atoms with van der Waals surface area (Å²) in [6, 6.07) is 28.8. The summed E-state index contributed by atoms with van der Waals surface area (Å²) in [6.45, 7) is 4.47. The summed E-state index contributed by atoms with van der Waals surface area (Å²) in [5, 5.41) is 0. The Hall–Kier alpha value is -4.24. The van der Waals surface area contributed by atoms with E-state index in [-0.39, 0.29) is 6.71 Å². The van der Waals surface area contributed by atoms with Crippen LogP contribution in [0.25, 0.3) is 22.3 Å². The molecule has 0 atom stereocenters. The van der Waals surface area contributed by atoms with Crippen LogP contribution in [-0.4, -0.2) is 6.71 Å². The lowest BCUT2D eigenvalue weighted by atomic mass is 9.31. The van der Waals surface area contributed by atoms with Crippen molar-refractivity contribution < 1.29 is 9.47 Å². The van der Waals surface area contributed by atoms with Crippen LogP contribution in [0.2, 0.25) is 0 Å². The molecule has 174 valence electrons. The molecular weight excluding hydrogens is 451 g/mol. The second-order valence-corrected chi connectivity index (χ2v) is 11.0. The maximum absolute atomic E-state index is 6.83. The van der Waals surface area contributed by atoms with Crippen LogP contribution in [0, 0.1) is 13.8 Å². The molecule has 5 aromatic rings. The lowest BCUT2D eigenvalue weighted by Gasteiger charge is -2.39. The maximum atomic E-state index is 6.83. The van der Waals surface area contributed by atoms with Crippen molar-refractivity contribution in [2.45, 2.75) is 26.7 Å². The minimum Gasteiger partial charge on any atom is -0.458 e. The molecule has 5 aromatic carbocycles. The van der Waals surface area contributed by atoms with E-state index in [1.54, 1.807) is 0 Å². The number of rotatable bonds is 1. The number of benzene rings is 5. The molecule has 0 saturated carbocycles. The van der Waals surface area contributed by atoms with Crippen LogP contribution in [-0.2, 0) is 12.8 Å². The molecule has 0 saturated heterocycles. The molecule has 1 aliphatic carbocycles. The normalized spacial score (nSPS) is 14.4. The number of fused-ring (bicyclic) bond motifs is 4. The van der Waals surface area contributed by atoms with Gasteiger partial charge in [-0.25, -0.2) is 0 Å². The maximum Gasteiger partial charge on any atom is 0.261 e. The summed E-state index contributed by atoms with van der Waals surface area (Å²) < 4.78 is 13.5. The topological polar surface area (TPSA) is 18.5 Å². The largest absolute Gasteiger partial charge is 0.458 e. The van der Waals surface area contributed by atoms with Gasteiger partial charge in [-0.3, -0.25) is 0 Å². The van der Waals surface area contributed by atoms with Gasteiger partial charge in [-0.15, -0.1) is 0 Å². The van der Waals surface area contributed by atoms with Crippen LogP contribution >= 0.6 is 0 Å². The van der Waals surface area contributed by atoms with Gasteiger partial charge >= 0.3 is 0 Å². The van der Waals surface area contributed by atoms with E-state index < -0.39 is 0 Å². The zero-order valence-corrected chi connectivity index (χ0v) is 20.8. The van der Waals surface area contributed by atoms with Crippen molar-refractivity contribution in [1.82, 2.24) is 0 Å². The number of aryl methyl sites for hydroxylation is 2. The minimum atomic E-state index is 0.153. The Kier molecular flexibility index (Phi) is 3.63. The zero-order valence-electron chi connectivity index (χ0n) is 20.8. The van der Waals surface area contributed by atoms with E-state index >= 15 is 0 Å². The fourth-order valence-corrected chi connectivity index (χ4v) is 7.17. The van der Waals surface area contributed by atoms with Crippen LogP contribution in [0.4, 0.5) is 0 Å². The van der Waals surface area contributed by atoms with Crippen molar-refractivity contribution in [2.24, 2.45) is 0 Å². The lowest BCUT2D eigenvalue weighted by Crippen LogP contribution is -2.61. The average molecular weight is 474 g/mol. The minimum absolute atomic E-state index is 0.153. The van der Waals surface area contributed by atoms with Gasteiger partial charge in [-0.1, -0.05) is 65.7 Å². The second-order valence-electron chi connectivity index (χ2n) is 11.0. The molecular formula is C34H23BO2. The molecule has 4 aliphatic rings. The Morgan fingerprint density at radius 1 is 0.541 bits per heavy atom. The van der Waals surface area contributed by atoms with Crippen LogP contribution in [0.3, 0.4) is 0 Å². The Bertz CT molecular complexity index is 1870. The Labute approximate surface area is 216 Å². The quantitative estimate of drug-likeness (QED) is 0.265. The molecule has 3 aliphatic heterocycles. The molecule has 9 rings (SSSR count). The predicted octanol–water partition coefficient (Wildman–Crippen LogP) is 6.17. The van der Waals surface area contributed by atoms with Gasteiger partial charge in [0.2, 0.25) is 0 Å². The van der Waals surface area contributed by atoms with Gasteiger partial charge in [-0.2, -0.15) is 0 Å². The Morgan fingerprint density at radius 3 is 2.16 bits per heavy atom. The first-order chi connectivity index (χ1) is 18.1. The van der Waals surface area contributed by atoms with Crippen LogP contribution in [0.15, 0.2) is 78.9 Å². The molecule has 37 heavy (non-hydrogen) atoms. The highest BCUT2D eigenvalue weighted by Crippen LogP contribution is 2.46. The molecule has 3 heterocycles. The fraction of sp³-hybridized carbons (Fsp3) is 0.118. The van der Waals surface area contributed by atoms with Crippen molar-refractivity contribution in [3.63, 3.8) is 0 Å². The van der Waals surface area contributed by atoms with Gasteiger partial charge in [0.1, 0.15) is 23.0 Å². The molecule has 0 spiro atoms. The van der Waals surface area contributed by atoms with E-state index in [9.17, 15) is 0 Å². The predicted molar refractivity (Wildman–Crippen MR) is 150 cm³/mol. The summed E-state index contributed by atoms with van der Waals surface area (Å²) in [7, 11) is 0. The Morgan fingerprint density at radius 2 is 1.30 bits per heavy atom. The number of hydrogen-bond donors (Lipinski definition) is 0. The SMILES string of the molecule is Cc1cccc(-c2cc3c4c(c2)Oc2cc5c(c6c2B4c2c(cccc2O3)C6)Cc2ccc(C)cc2-5)c1. The molecule has 2 nitrogen and oxygen atoms in total. The van der Waals surface area contributed by atoms with E-state index in [1.165, 1.54) is 66.5 Å². The fourth-order valence-electron chi connectivity index (χ4n) is 7.17. The summed E-state index contributed by atoms with van der Waals surface area (Å²) in [5.41, 5.74) is 17.1. The number of ether oxygens (including phenoxy) is 2. The van der Waals surface area contributed by atoms with Gasteiger partial charge in [0.25, 0.3) is 6.71 Å². The zero-order chi connectivity index (χ0) is 24.4. The molecule has 0 bridgehead atoms. The molecule has 0 unspecified atom stereocenters. The third-order valence-corrected chi connectivity index (χ3v) is 8.76. The lowest BCUT2D eigenvalue weighted by molar-refractivity contribution is 0.463. The van der Waals surface area contributed by atoms with E-state index in [4.69, 9.17) is 9.47 Å². The molecule has 0 aromatic heterocycles. The van der Waals surface area contributed by atoms with Crippen molar-refractivity contribution in [1.29, 1.82) is 0 Å². The highest BCUT2D eigenvalue weighted by molar-refractivity contribution is 6.99. The van der Waals surface area contributed by atoms with Crippen LogP contribution < -0.4 is 25.9 Å². The van der Waals surface area contributed by atoms with Crippen LogP contribution in [0.5, 0.6) is 23.0 Å². The van der Waals surface area contributed by atoms with Gasteiger partial charge in [-0.05, 0) is 106 Å². The highest BCUT2D eigenvalue weighted by Gasteiger charge is 2.46. The monoisotopic (exact) mass is 474 g/mol.